The molecule has 5 nitrogen and oxygen atoms in total. The van der Waals surface area contributed by atoms with Gasteiger partial charge in [-0.2, -0.15) is 0 Å². The summed E-state index contributed by atoms with van der Waals surface area (Å²) in [6, 6.07) is 3.80. The highest BCUT2D eigenvalue weighted by Crippen LogP contribution is 2.19. The zero-order chi connectivity index (χ0) is 14.7. The fraction of sp³-hybridized carbons (Fsp3) is 0.600. The molecule has 1 amide bonds. The summed E-state index contributed by atoms with van der Waals surface area (Å²) in [6.45, 7) is 9.46. The van der Waals surface area contributed by atoms with Crippen molar-refractivity contribution in [3.63, 3.8) is 0 Å². The van der Waals surface area contributed by atoms with Crippen LogP contribution in [0.15, 0.2) is 18.3 Å². The Balaban J connectivity index is 1.92. The molecular weight excluding hydrogens is 252 g/mol. The zero-order valence-electron chi connectivity index (χ0n) is 12.5. The maximum absolute atomic E-state index is 12.3. The second-order valence-corrected chi connectivity index (χ2v) is 5.79. The van der Waals surface area contributed by atoms with E-state index in [1.807, 2.05) is 24.0 Å². The van der Waals surface area contributed by atoms with Crippen molar-refractivity contribution in [1.29, 1.82) is 0 Å². The van der Waals surface area contributed by atoms with E-state index in [1.54, 1.807) is 6.20 Å². The van der Waals surface area contributed by atoms with Crippen LogP contribution in [0.4, 0.5) is 11.5 Å². The van der Waals surface area contributed by atoms with Crippen LogP contribution >= 0.6 is 0 Å². The van der Waals surface area contributed by atoms with E-state index in [0.29, 0.717) is 11.7 Å². The summed E-state index contributed by atoms with van der Waals surface area (Å²) in [7, 11) is 0. The summed E-state index contributed by atoms with van der Waals surface area (Å²) in [4.78, 5) is 20.6. The number of aromatic nitrogens is 1. The monoisotopic (exact) mass is 276 g/mol. The van der Waals surface area contributed by atoms with E-state index in [-0.39, 0.29) is 11.8 Å². The second kappa shape index (κ2) is 6.11. The molecule has 0 radical (unpaired) electrons. The van der Waals surface area contributed by atoms with Crippen molar-refractivity contribution in [2.45, 2.75) is 20.8 Å². The van der Waals surface area contributed by atoms with Crippen LogP contribution in [0.3, 0.4) is 0 Å². The predicted molar refractivity (Wildman–Crippen MR) is 81.4 cm³/mol. The lowest BCUT2D eigenvalue weighted by molar-refractivity contribution is -0.136. The average Bonchev–Trinajstić information content (AvgIpc) is 2.46. The van der Waals surface area contributed by atoms with Gasteiger partial charge in [0.1, 0.15) is 5.82 Å². The molecule has 2 heterocycles. The van der Waals surface area contributed by atoms with Gasteiger partial charge in [0.05, 0.1) is 11.9 Å². The minimum atomic E-state index is 0.0970. The van der Waals surface area contributed by atoms with Gasteiger partial charge in [0.2, 0.25) is 5.91 Å². The van der Waals surface area contributed by atoms with E-state index in [9.17, 15) is 4.79 Å². The van der Waals surface area contributed by atoms with Gasteiger partial charge >= 0.3 is 0 Å². The van der Waals surface area contributed by atoms with Crippen LogP contribution < -0.4 is 10.6 Å². The van der Waals surface area contributed by atoms with Crippen molar-refractivity contribution in [3.8, 4) is 0 Å². The minimum Gasteiger partial charge on any atom is -0.384 e. The third-order valence-electron chi connectivity index (χ3n) is 4.12. The molecule has 2 rings (SSSR count). The van der Waals surface area contributed by atoms with E-state index in [2.05, 4.69) is 23.7 Å². The van der Waals surface area contributed by atoms with Crippen molar-refractivity contribution >= 4 is 17.4 Å². The lowest BCUT2D eigenvalue weighted by Gasteiger charge is -2.37. The highest BCUT2D eigenvalue weighted by atomic mass is 16.2. The van der Waals surface area contributed by atoms with E-state index in [4.69, 9.17) is 5.73 Å². The Morgan fingerprint density at radius 1 is 1.20 bits per heavy atom. The van der Waals surface area contributed by atoms with Gasteiger partial charge in [-0.15, -0.1) is 0 Å². The Morgan fingerprint density at radius 2 is 1.85 bits per heavy atom. The van der Waals surface area contributed by atoms with Gasteiger partial charge in [0, 0.05) is 32.1 Å². The van der Waals surface area contributed by atoms with Crippen LogP contribution in [-0.2, 0) is 4.79 Å². The summed E-state index contributed by atoms with van der Waals surface area (Å²) in [6.07, 6.45) is 1.80. The fourth-order valence-corrected chi connectivity index (χ4v) is 2.34. The van der Waals surface area contributed by atoms with Gasteiger partial charge in [0.15, 0.2) is 0 Å². The van der Waals surface area contributed by atoms with Gasteiger partial charge in [-0.05, 0) is 18.1 Å². The van der Waals surface area contributed by atoms with Gasteiger partial charge in [-0.25, -0.2) is 4.98 Å². The molecule has 0 bridgehead atoms. The number of nitrogens with zero attached hydrogens (tertiary/aromatic N) is 3. The van der Waals surface area contributed by atoms with E-state index >= 15 is 0 Å². The summed E-state index contributed by atoms with van der Waals surface area (Å²) in [5.74, 6) is 1.30. The van der Waals surface area contributed by atoms with Crippen LogP contribution in [-0.4, -0.2) is 42.0 Å². The third-order valence-corrected chi connectivity index (χ3v) is 4.12. The molecule has 0 saturated carbocycles. The average molecular weight is 276 g/mol. The normalized spacial score (nSPS) is 17.4. The van der Waals surface area contributed by atoms with Crippen LogP contribution in [0.25, 0.3) is 0 Å². The maximum Gasteiger partial charge on any atom is 0.225 e. The van der Waals surface area contributed by atoms with Gasteiger partial charge in [-0.1, -0.05) is 20.8 Å². The van der Waals surface area contributed by atoms with Gasteiger partial charge in [0.25, 0.3) is 0 Å². The number of hydrogen-bond acceptors (Lipinski definition) is 4. The number of anilines is 2. The van der Waals surface area contributed by atoms with Crippen LogP contribution in [0.1, 0.15) is 20.8 Å². The number of nitrogens with two attached hydrogens (primary N) is 1. The highest BCUT2D eigenvalue weighted by Gasteiger charge is 2.26. The molecule has 0 aliphatic carbocycles. The number of piperazine rings is 1. The molecule has 1 fully saturated rings. The molecule has 1 aliphatic heterocycles. The Kier molecular flexibility index (Phi) is 4.47. The van der Waals surface area contributed by atoms with Crippen LogP contribution in [0.2, 0.25) is 0 Å². The van der Waals surface area contributed by atoms with Crippen molar-refractivity contribution in [1.82, 2.24) is 9.88 Å². The third kappa shape index (κ3) is 3.21. The topological polar surface area (TPSA) is 62.5 Å². The van der Waals surface area contributed by atoms with Crippen LogP contribution in [0, 0.1) is 11.8 Å². The highest BCUT2D eigenvalue weighted by molar-refractivity contribution is 5.79. The number of rotatable bonds is 3. The first kappa shape index (κ1) is 14.6. The van der Waals surface area contributed by atoms with Crippen molar-refractivity contribution < 1.29 is 4.79 Å². The van der Waals surface area contributed by atoms with E-state index < -0.39 is 0 Å². The zero-order valence-corrected chi connectivity index (χ0v) is 12.5. The first-order chi connectivity index (χ1) is 9.49. The predicted octanol–water partition coefficient (Wildman–Crippen LogP) is 1.60. The van der Waals surface area contributed by atoms with Crippen molar-refractivity contribution in [2.24, 2.45) is 11.8 Å². The van der Waals surface area contributed by atoms with E-state index in [1.165, 1.54) is 0 Å². The Bertz CT molecular complexity index is 449. The number of amides is 1. The lowest BCUT2D eigenvalue weighted by Crippen LogP contribution is -2.50. The Labute approximate surface area is 120 Å². The molecule has 0 aromatic carbocycles. The molecule has 20 heavy (non-hydrogen) atoms. The lowest BCUT2D eigenvalue weighted by atomic mass is 9.96. The number of hydrogen-bond donors (Lipinski definition) is 1. The number of nitrogen functional groups attached to an aromatic ring is 1. The molecule has 1 unspecified atom stereocenters. The van der Waals surface area contributed by atoms with Gasteiger partial charge in [-0.3, -0.25) is 4.79 Å². The minimum absolute atomic E-state index is 0.0970. The molecule has 1 aromatic heterocycles. The molecule has 5 heteroatoms. The van der Waals surface area contributed by atoms with Crippen molar-refractivity contribution in [2.75, 3.05) is 36.8 Å². The molecule has 1 aliphatic rings. The quantitative estimate of drug-likeness (QED) is 0.911. The molecular formula is C15H24N4O. The molecule has 1 atom stereocenters. The summed E-state index contributed by atoms with van der Waals surface area (Å²) >= 11 is 0. The van der Waals surface area contributed by atoms with Gasteiger partial charge < -0.3 is 15.5 Å². The van der Waals surface area contributed by atoms with E-state index in [0.717, 1.165) is 31.9 Å². The summed E-state index contributed by atoms with van der Waals surface area (Å²) < 4.78 is 0. The second-order valence-electron chi connectivity index (χ2n) is 5.79. The molecule has 0 spiro atoms. The number of pyridine rings is 1. The fourth-order valence-electron chi connectivity index (χ4n) is 2.34. The standard InChI is InChI=1S/C15H24N4O/c1-11(2)12(3)15(20)19-8-6-18(7-9-19)13-4-5-14(16)17-10-13/h4-5,10-12H,6-9H2,1-3H3,(H2,16,17). The van der Waals surface area contributed by atoms with Crippen molar-refractivity contribution in [3.05, 3.63) is 18.3 Å². The molecule has 2 N–H and O–H groups in total. The largest absolute Gasteiger partial charge is 0.384 e. The first-order valence-corrected chi connectivity index (χ1v) is 7.24. The SMILES string of the molecule is CC(C)C(C)C(=O)N1CCN(c2ccc(N)nc2)CC1. The molecule has 110 valence electrons. The Morgan fingerprint density at radius 3 is 2.35 bits per heavy atom. The first-order valence-electron chi connectivity index (χ1n) is 7.24. The Hall–Kier alpha value is -1.78. The molecule has 1 saturated heterocycles. The van der Waals surface area contributed by atoms with Crippen LogP contribution in [0.5, 0.6) is 0 Å². The number of carbonyl (C=O) groups is 1. The molecule has 1 aromatic rings. The number of carbonyl (C=O) groups excluding carboxylic acids is 1. The maximum atomic E-state index is 12.3. The summed E-state index contributed by atoms with van der Waals surface area (Å²) in [5.41, 5.74) is 6.67. The summed E-state index contributed by atoms with van der Waals surface area (Å²) in [5, 5.41) is 0. The smallest absolute Gasteiger partial charge is 0.225 e.